The first-order chi connectivity index (χ1) is 12.6. The summed E-state index contributed by atoms with van der Waals surface area (Å²) in [6.07, 6.45) is 0.717. The van der Waals surface area contributed by atoms with E-state index in [4.69, 9.17) is 14.0 Å². The third-order valence-corrected chi connectivity index (χ3v) is 3.84. The van der Waals surface area contributed by atoms with Gasteiger partial charge in [0, 0.05) is 6.54 Å². The molecule has 0 radical (unpaired) electrons. The van der Waals surface area contributed by atoms with E-state index in [0.717, 1.165) is 11.3 Å². The van der Waals surface area contributed by atoms with E-state index >= 15 is 0 Å². The Kier molecular flexibility index (Phi) is 5.31. The normalized spacial score (nSPS) is 10.7. The fraction of sp³-hybridized carbons (Fsp3) is 0.333. The number of benzene rings is 1. The monoisotopic (exact) mass is 356 g/mol. The molecule has 0 unspecified atom stereocenters. The maximum absolute atomic E-state index is 12.0. The third kappa shape index (κ3) is 3.58. The molecule has 0 bridgehead atoms. The number of methoxy groups -OCH3 is 1. The maximum atomic E-state index is 12.0. The first-order valence-corrected chi connectivity index (χ1v) is 8.31. The summed E-state index contributed by atoms with van der Waals surface area (Å²) >= 11 is 0. The zero-order valence-corrected chi connectivity index (χ0v) is 14.9. The molecule has 136 valence electrons. The van der Waals surface area contributed by atoms with Gasteiger partial charge in [0.25, 0.3) is 5.71 Å². The maximum Gasteiger partial charge on any atom is 0.376 e. The number of hydrogen-bond acceptors (Lipinski definition) is 8. The number of aryl methyl sites for hydroxylation is 1. The van der Waals surface area contributed by atoms with Gasteiger partial charge in [0.2, 0.25) is 5.82 Å². The number of carbonyl (C=O) groups is 1. The van der Waals surface area contributed by atoms with Crippen LogP contribution in [0, 0.1) is 6.92 Å². The van der Waals surface area contributed by atoms with Crippen molar-refractivity contribution in [3.05, 3.63) is 41.3 Å². The average molecular weight is 356 g/mol. The molecule has 0 saturated carbocycles. The van der Waals surface area contributed by atoms with Gasteiger partial charge in [-0.05, 0) is 31.9 Å². The van der Waals surface area contributed by atoms with Crippen LogP contribution in [-0.4, -0.2) is 41.4 Å². The van der Waals surface area contributed by atoms with Crippen LogP contribution >= 0.6 is 0 Å². The molecule has 3 aromatic rings. The minimum atomic E-state index is -0.601. The van der Waals surface area contributed by atoms with Gasteiger partial charge in [-0.1, -0.05) is 23.4 Å². The van der Waals surface area contributed by atoms with Gasteiger partial charge in [-0.2, -0.15) is 4.98 Å². The van der Waals surface area contributed by atoms with Crippen molar-refractivity contribution in [1.82, 2.24) is 15.1 Å². The second-order valence-corrected chi connectivity index (χ2v) is 5.55. The molecule has 1 N–H and O–H groups in total. The summed E-state index contributed by atoms with van der Waals surface area (Å²) in [5, 5.41) is 7.80. The number of ether oxygens (including phenoxy) is 2. The second-order valence-electron chi connectivity index (χ2n) is 5.55. The van der Waals surface area contributed by atoms with Crippen molar-refractivity contribution >= 4 is 22.9 Å². The van der Waals surface area contributed by atoms with Gasteiger partial charge in [0.1, 0.15) is 17.0 Å². The van der Waals surface area contributed by atoms with Crippen LogP contribution in [0.3, 0.4) is 0 Å². The number of esters is 1. The Bertz CT molecular complexity index is 923. The molecule has 2 heterocycles. The molecule has 0 saturated heterocycles. The number of rotatable bonds is 7. The Hall–Kier alpha value is -3.16. The van der Waals surface area contributed by atoms with Crippen LogP contribution in [0.2, 0.25) is 0 Å². The summed E-state index contributed by atoms with van der Waals surface area (Å²) < 4.78 is 15.5. The summed E-state index contributed by atoms with van der Waals surface area (Å²) in [6, 6.07) is 7.81. The van der Waals surface area contributed by atoms with Gasteiger partial charge in [-0.15, -0.1) is 0 Å². The number of para-hydroxylation sites is 1. The van der Waals surface area contributed by atoms with Gasteiger partial charge in [-0.3, -0.25) is 0 Å². The third-order valence-electron chi connectivity index (χ3n) is 3.84. The second kappa shape index (κ2) is 7.81. The summed E-state index contributed by atoms with van der Waals surface area (Å²) in [4.78, 5) is 20.4. The van der Waals surface area contributed by atoms with Crippen LogP contribution in [0.25, 0.3) is 11.1 Å². The van der Waals surface area contributed by atoms with Crippen LogP contribution in [-0.2, 0) is 11.2 Å². The summed E-state index contributed by atoms with van der Waals surface area (Å²) in [6.45, 7) is 4.34. The molecule has 26 heavy (non-hydrogen) atoms. The molecule has 0 amide bonds. The van der Waals surface area contributed by atoms with Crippen LogP contribution in [0.15, 0.2) is 28.8 Å². The van der Waals surface area contributed by atoms with Crippen LogP contribution in [0.4, 0.5) is 5.82 Å². The Labute approximate surface area is 150 Å². The van der Waals surface area contributed by atoms with Gasteiger partial charge >= 0.3 is 5.97 Å². The molecule has 0 fully saturated rings. The van der Waals surface area contributed by atoms with Gasteiger partial charge in [-0.25, -0.2) is 9.78 Å². The van der Waals surface area contributed by atoms with Crippen molar-refractivity contribution in [2.45, 2.75) is 20.3 Å². The van der Waals surface area contributed by atoms with Crippen LogP contribution < -0.4 is 10.1 Å². The standard InChI is InChI=1S/C18H20N4O4/c1-4-25-18(23)16-20-15(14-11(2)22-26-17(14)21-16)19-10-9-12-7-5-6-8-13(12)24-3/h5-8H,4,9-10H2,1-3H3,(H,19,20,21). The van der Waals surface area contributed by atoms with Gasteiger partial charge < -0.3 is 19.3 Å². The highest BCUT2D eigenvalue weighted by Gasteiger charge is 2.19. The quantitative estimate of drug-likeness (QED) is 0.645. The lowest BCUT2D eigenvalue weighted by Crippen LogP contribution is -2.13. The van der Waals surface area contributed by atoms with E-state index in [2.05, 4.69) is 20.4 Å². The van der Waals surface area contributed by atoms with Crippen molar-refractivity contribution in [3.8, 4) is 5.75 Å². The van der Waals surface area contributed by atoms with Crippen LogP contribution in [0.5, 0.6) is 5.75 Å². The Morgan fingerprint density at radius 1 is 1.27 bits per heavy atom. The van der Waals surface area contributed by atoms with E-state index < -0.39 is 5.97 Å². The lowest BCUT2D eigenvalue weighted by Gasteiger charge is -2.10. The summed E-state index contributed by atoms with van der Waals surface area (Å²) in [5.74, 6) is 0.661. The zero-order chi connectivity index (χ0) is 18.5. The smallest absolute Gasteiger partial charge is 0.376 e. The molecule has 8 nitrogen and oxygen atoms in total. The molecule has 8 heteroatoms. The Morgan fingerprint density at radius 3 is 2.85 bits per heavy atom. The van der Waals surface area contributed by atoms with Crippen molar-refractivity contribution in [1.29, 1.82) is 0 Å². The highest BCUT2D eigenvalue weighted by molar-refractivity contribution is 5.93. The predicted octanol–water partition coefficient (Wildman–Crippen LogP) is 2.77. The fourth-order valence-electron chi connectivity index (χ4n) is 2.63. The molecule has 0 spiro atoms. The minimum Gasteiger partial charge on any atom is -0.496 e. The lowest BCUT2D eigenvalue weighted by molar-refractivity contribution is 0.0512. The van der Waals surface area contributed by atoms with E-state index in [-0.39, 0.29) is 18.1 Å². The molecule has 0 aliphatic carbocycles. The van der Waals surface area contributed by atoms with Gasteiger partial charge in [0.05, 0.1) is 19.4 Å². The molecule has 0 atom stereocenters. The minimum absolute atomic E-state index is 0.0599. The van der Waals surface area contributed by atoms with Gasteiger partial charge in [0.15, 0.2) is 0 Å². The number of anilines is 1. The first kappa shape index (κ1) is 17.7. The van der Waals surface area contributed by atoms with Crippen molar-refractivity contribution in [2.24, 2.45) is 0 Å². The Morgan fingerprint density at radius 2 is 2.08 bits per heavy atom. The highest BCUT2D eigenvalue weighted by atomic mass is 16.5. The molecule has 1 aromatic carbocycles. The van der Waals surface area contributed by atoms with E-state index in [1.54, 1.807) is 21.0 Å². The number of aromatic nitrogens is 3. The molecular weight excluding hydrogens is 336 g/mol. The zero-order valence-electron chi connectivity index (χ0n) is 14.9. The molecule has 0 aliphatic heterocycles. The number of hydrogen-bond donors (Lipinski definition) is 1. The predicted molar refractivity (Wildman–Crippen MR) is 95.5 cm³/mol. The summed E-state index contributed by atoms with van der Waals surface area (Å²) in [7, 11) is 1.65. The fourth-order valence-corrected chi connectivity index (χ4v) is 2.63. The largest absolute Gasteiger partial charge is 0.496 e. The van der Waals surface area contributed by atoms with Crippen LogP contribution in [0.1, 0.15) is 28.8 Å². The number of nitrogens with one attached hydrogen (secondary N) is 1. The molecular formula is C18H20N4O4. The average Bonchev–Trinajstić information content (AvgIpc) is 3.03. The van der Waals surface area contributed by atoms with E-state index in [0.29, 0.717) is 29.9 Å². The first-order valence-electron chi connectivity index (χ1n) is 8.31. The number of carbonyl (C=O) groups excluding carboxylic acids is 1. The number of fused-ring (bicyclic) bond motifs is 1. The van der Waals surface area contributed by atoms with E-state index in [1.165, 1.54) is 0 Å². The van der Waals surface area contributed by atoms with Crippen molar-refractivity contribution < 1.29 is 18.8 Å². The van der Waals surface area contributed by atoms with Crippen molar-refractivity contribution in [3.63, 3.8) is 0 Å². The van der Waals surface area contributed by atoms with E-state index in [1.807, 2.05) is 24.3 Å². The number of nitrogens with zero attached hydrogens (tertiary/aromatic N) is 3. The Balaban J connectivity index is 1.84. The van der Waals surface area contributed by atoms with Crippen molar-refractivity contribution in [2.75, 3.05) is 25.6 Å². The molecule has 2 aromatic heterocycles. The van der Waals surface area contributed by atoms with E-state index in [9.17, 15) is 4.79 Å². The topological polar surface area (TPSA) is 99.4 Å². The summed E-state index contributed by atoms with van der Waals surface area (Å²) in [5.41, 5.74) is 1.97. The highest BCUT2D eigenvalue weighted by Crippen LogP contribution is 2.24. The SMILES string of the molecule is CCOC(=O)c1nc(NCCc2ccccc2OC)c2c(C)noc2n1. The molecule has 3 rings (SSSR count). The lowest BCUT2D eigenvalue weighted by atomic mass is 10.1. The molecule has 0 aliphatic rings.